The Kier molecular flexibility index (Phi) is 7.08. The zero-order valence-electron chi connectivity index (χ0n) is 11.9. The van der Waals surface area contributed by atoms with Gasteiger partial charge in [-0.1, -0.05) is 13.8 Å². The first kappa shape index (κ1) is 15.8. The molecule has 1 fully saturated rings. The maximum Gasteiger partial charge on any atom is 0.306 e. The van der Waals surface area contributed by atoms with Gasteiger partial charge in [0.1, 0.15) is 0 Å². The van der Waals surface area contributed by atoms with Gasteiger partial charge in [0, 0.05) is 12.4 Å². The monoisotopic (exact) mass is 274 g/mol. The van der Waals surface area contributed by atoms with Gasteiger partial charge in [0.15, 0.2) is 0 Å². The van der Waals surface area contributed by atoms with E-state index in [9.17, 15) is 4.79 Å². The van der Waals surface area contributed by atoms with E-state index < -0.39 is 0 Å². The van der Waals surface area contributed by atoms with Crippen LogP contribution in [-0.2, 0) is 14.3 Å². The third kappa shape index (κ3) is 6.64. The van der Waals surface area contributed by atoms with Gasteiger partial charge >= 0.3 is 5.97 Å². The van der Waals surface area contributed by atoms with Crippen molar-refractivity contribution in [2.24, 2.45) is 11.3 Å². The van der Waals surface area contributed by atoms with Crippen molar-refractivity contribution < 1.29 is 14.3 Å². The third-order valence-corrected chi connectivity index (χ3v) is 4.60. The number of ether oxygens (including phenoxy) is 2. The first-order valence-corrected chi connectivity index (χ1v) is 7.96. The molecule has 4 heteroatoms. The van der Waals surface area contributed by atoms with Crippen LogP contribution < -0.4 is 0 Å². The van der Waals surface area contributed by atoms with E-state index >= 15 is 0 Å². The van der Waals surface area contributed by atoms with E-state index in [0.29, 0.717) is 12.3 Å². The van der Waals surface area contributed by atoms with E-state index in [0.717, 1.165) is 31.1 Å². The van der Waals surface area contributed by atoms with Crippen molar-refractivity contribution in [1.29, 1.82) is 0 Å². The summed E-state index contributed by atoms with van der Waals surface area (Å²) in [5, 5.41) is 0. The Labute approximate surface area is 115 Å². The van der Waals surface area contributed by atoms with Gasteiger partial charge in [0.25, 0.3) is 0 Å². The summed E-state index contributed by atoms with van der Waals surface area (Å²) in [5.74, 6) is 2.74. The van der Waals surface area contributed by atoms with Crippen molar-refractivity contribution in [1.82, 2.24) is 0 Å². The van der Waals surface area contributed by atoms with Crippen LogP contribution in [-0.4, -0.2) is 37.8 Å². The molecule has 0 atom stereocenters. The summed E-state index contributed by atoms with van der Waals surface area (Å²) in [5.41, 5.74) is 0.246. The van der Waals surface area contributed by atoms with Crippen molar-refractivity contribution in [2.75, 3.05) is 31.8 Å². The van der Waals surface area contributed by atoms with Crippen molar-refractivity contribution in [3.63, 3.8) is 0 Å². The Balaban J connectivity index is 1.96. The lowest BCUT2D eigenvalue weighted by Gasteiger charge is -2.13. The molecular formula is C14H26O3S. The summed E-state index contributed by atoms with van der Waals surface area (Å²) in [6, 6.07) is 0. The molecule has 0 aromatic carbocycles. The number of carbonyl (C=O) groups is 1. The van der Waals surface area contributed by atoms with Gasteiger partial charge in [0.05, 0.1) is 20.1 Å². The first-order valence-electron chi connectivity index (χ1n) is 6.80. The van der Waals surface area contributed by atoms with Crippen LogP contribution in [0.25, 0.3) is 0 Å². The Morgan fingerprint density at radius 1 is 1.33 bits per heavy atom. The van der Waals surface area contributed by atoms with Gasteiger partial charge < -0.3 is 9.47 Å². The fraction of sp³-hybridized carbons (Fsp3) is 0.929. The molecule has 1 rings (SSSR count). The number of methoxy groups -OCH3 is 1. The smallest absolute Gasteiger partial charge is 0.306 e. The van der Waals surface area contributed by atoms with Gasteiger partial charge in [-0.3, -0.25) is 4.79 Å². The number of carbonyl (C=O) groups excluding carboxylic acids is 1. The van der Waals surface area contributed by atoms with E-state index in [-0.39, 0.29) is 11.4 Å². The molecule has 1 aliphatic carbocycles. The number of thioether (sulfide) groups is 1. The van der Waals surface area contributed by atoms with Gasteiger partial charge in [-0.25, -0.2) is 0 Å². The van der Waals surface area contributed by atoms with Crippen LogP contribution in [0.3, 0.4) is 0 Å². The SMILES string of the molecule is COC(=O)CC1(CSCCOCCC(C)C)CC1. The van der Waals surface area contributed by atoms with Gasteiger partial charge in [-0.05, 0) is 36.3 Å². The molecule has 3 nitrogen and oxygen atoms in total. The van der Waals surface area contributed by atoms with Crippen LogP contribution in [0, 0.1) is 11.3 Å². The molecule has 0 spiro atoms. The normalized spacial score (nSPS) is 16.9. The van der Waals surface area contributed by atoms with Crippen LogP contribution in [0.2, 0.25) is 0 Å². The minimum atomic E-state index is -0.0683. The molecule has 0 amide bonds. The summed E-state index contributed by atoms with van der Waals surface area (Å²) in [4.78, 5) is 11.2. The predicted octanol–water partition coefficient (Wildman–Crippen LogP) is 3.13. The second-order valence-corrected chi connectivity index (χ2v) is 6.71. The predicted molar refractivity (Wildman–Crippen MR) is 75.9 cm³/mol. The summed E-state index contributed by atoms with van der Waals surface area (Å²) < 4.78 is 10.3. The highest BCUT2D eigenvalue weighted by molar-refractivity contribution is 7.99. The third-order valence-electron chi connectivity index (χ3n) is 3.32. The van der Waals surface area contributed by atoms with Crippen molar-refractivity contribution in [3.05, 3.63) is 0 Å². The Morgan fingerprint density at radius 3 is 2.61 bits per heavy atom. The Hall–Kier alpha value is -0.220. The van der Waals surface area contributed by atoms with Crippen molar-refractivity contribution in [3.8, 4) is 0 Å². The molecule has 0 bridgehead atoms. The minimum absolute atomic E-state index is 0.0683. The fourth-order valence-electron chi connectivity index (χ4n) is 1.75. The summed E-state index contributed by atoms with van der Waals surface area (Å²) in [7, 11) is 1.47. The molecule has 18 heavy (non-hydrogen) atoms. The molecule has 1 saturated carbocycles. The van der Waals surface area contributed by atoms with Crippen molar-refractivity contribution >= 4 is 17.7 Å². The summed E-state index contributed by atoms with van der Waals surface area (Å²) in [6.45, 7) is 6.11. The molecule has 0 saturated heterocycles. The van der Waals surface area contributed by atoms with E-state index in [4.69, 9.17) is 9.47 Å². The van der Waals surface area contributed by atoms with Crippen molar-refractivity contribution in [2.45, 2.75) is 39.5 Å². The molecule has 0 N–H and O–H groups in total. The molecule has 0 heterocycles. The van der Waals surface area contributed by atoms with Crippen LogP contribution in [0.4, 0.5) is 0 Å². The molecule has 0 radical (unpaired) electrons. The van der Waals surface area contributed by atoms with E-state index in [2.05, 4.69) is 13.8 Å². The number of esters is 1. The van der Waals surface area contributed by atoms with E-state index in [1.807, 2.05) is 11.8 Å². The maximum atomic E-state index is 11.2. The molecule has 0 aromatic rings. The molecule has 1 aliphatic rings. The van der Waals surface area contributed by atoms with Gasteiger partial charge in [0.2, 0.25) is 0 Å². The second-order valence-electron chi connectivity index (χ2n) is 5.60. The van der Waals surface area contributed by atoms with Gasteiger partial charge in [-0.15, -0.1) is 0 Å². The van der Waals surface area contributed by atoms with E-state index in [1.54, 1.807) is 0 Å². The van der Waals surface area contributed by atoms with E-state index in [1.165, 1.54) is 20.0 Å². The standard InChI is InChI=1S/C14H26O3S/c1-12(2)4-7-17-8-9-18-11-14(5-6-14)10-13(15)16-3/h12H,4-11H2,1-3H3. The number of hydrogen-bond acceptors (Lipinski definition) is 4. The largest absolute Gasteiger partial charge is 0.469 e. The van der Waals surface area contributed by atoms with Gasteiger partial charge in [-0.2, -0.15) is 11.8 Å². The van der Waals surface area contributed by atoms with Crippen LogP contribution >= 0.6 is 11.8 Å². The molecule has 106 valence electrons. The lowest BCUT2D eigenvalue weighted by Crippen LogP contribution is -2.13. The highest BCUT2D eigenvalue weighted by Gasteiger charge is 2.44. The fourth-order valence-corrected chi connectivity index (χ4v) is 2.96. The van der Waals surface area contributed by atoms with Crippen LogP contribution in [0.1, 0.15) is 39.5 Å². The lowest BCUT2D eigenvalue weighted by molar-refractivity contribution is -0.141. The number of hydrogen-bond donors (Lipinski definition) is 0. The first-order chi connectivity index (χ1) is 8.58. The zero-order chi connectivity index (χ0) is 13.4. The Morgan fingerprint density at radius 2 is 2.06 bits per heavy atom. The average Bonchev–Trinajstić information content (AvgIpc) is 3.07. The highest BCUT2D eigenvalue weighted by Crippen LogP contribution is 2.51. The highest BCUT2D eigenvalue weighted by atomic mass is 32.2. The zero-order valence-corrected chi connectivity index (χ0v) is 12.7. The summed E-state index contributed by atoms with van der Waals surface area (Å²) >= 11 is 1.90. The maximum absolute atomic E-state index is 11.2. The minimum Gasteiger partial charge on any atom is -0.469 e. The molecule has 0 unspecified atom stereocenters. The number of rotatable bonds is 10. The van der Waals surface area contributed by atoms with Crippen LogP contribution in [0.15, 0.2) is 0 Å². The Bertz CT molecular complexity index is 249. The quantitative estimate of drug-likeness (QED) is 0.453. The molecular weight excluding hydrogens is 248 g/mol. The van der Waals surface area contributed by atoms with Crippen LogP contribution in [0.5, 0.6) is 0 Å². The molecule has 0 aromatic heterocycles. The topological polar surface area (TPSA) is 35.5 Å². The second kappa shape index (κ2) is 8.05. The average molecular weight is 274 g/mol. The molecule has 0 aliphatic heterocycles. The lowest BCUT2D eigenvalue weighted by atomic mass is 10.1. The summed E-state index contributed by atoms with van der Waals surface area (Å²) in [6.07, 6.45) is 4.06.